The molecule has 5 rings (SSSR count). The summed E-state index contributed by atoms with van der Waals surface area (Å²) >= 11 is 0. The van der Waals surface area contributed by atoms with Gasteiger partial charge in [0.2, 0.25) is 12.7 Å². The zero-order valence-corrected chi connectivity index (χ0v) is 16.1. The number of carbonyl (C=O) groups excluding carboxylic acids is 1. The van der Waals surface area contributed by atoms with Gasteiger partial charge in [0.25, 0.3) is 0 Å². The predicted octanol–water partition coefficient (Wildman–Crippen LogP) is 1.66. The normalized spacial score (nSPS) is 28.0. The molecule has 0 aliphatic carbocycles. The summed E-state index contributed by atoms with van der Waals surface area (Å²) in [6.07, 6.45) is 2.89. The molecule has 148 valence electrons. The second-order valence-electron chi connectivity index (χ2n) is 8.06. The smallest absolute Gasteiger partial charge is 0.244 e. The van der Waals surface area contributed by atoms with Crippen molar-refractivity contribution in [3.05, 3.63) is 35.4 Å². The van der Waals surface area contributed by atoms with Gasteiger partial charge in [-0.1, -0.05) is 6.07 Å². The van der Waals surface area contributed by atoms with Gasteiger partial charge < -0.3 is 19.5 Å². The van der Waals surface area contributed by atoms with Crippen LogP contribution in [-0.4, -0.2) is 49.6 Å². The van der Waals surface area contributed by atoms with Crippen molar-refractivity contribution in [2.24, 2.45) is 0 Å². The van der Waals surface area contributed by atoms with E-state index in [0.717, 1.165) is 24.2 Å². The number of fused-ring (bicyclic) bond motifs is 3. The quantitative estimate of drug-likeness (QED) is 0.866. The number of amides is 1. The molecule has 1 amide bonds. The Balaban J connectivity index is 1.36. The maximum Gasteiger partial charge on any atom is 0.244 e. The maximum atomic E-state index is 13.0. The van der Waals surface area contributed by atoms with Crippen molar-refractivity contribution in [3.63, 3.8) is 0 Å². The van der Waals surface area contributed by atoms with Gasteiger partial charge in [0.1, 0.15) is 18.2 Å². The van der Waals surface area contributed by atoms with Gasteiger partial charge in [-0.25, -0.2) is 9.67 Å². The number of hydrogen-bond acceptors (Lipinski definition) is 6. The first-order valence-corrected chi connectivity index (χ1v) is 9.75. The third-order valence-electron chi connectivity index (χ3n) is 6.21. The summed E-state index contributed by atoms with van der Waals surface area (Å²) < 4.78 is 12.5. The number of benzene rings is 1. The van der Waals surface area contributed by atoms with E-state index in [-0.39, 0.29) is 31.3 Å². The van der Waals surface area contributed by atoms with Crippen LogP contribution in [0.2, 0.25) is 0 Å². The Labute approximate surface area is 163 Å². The molecule has 4 heterocycles. The fraction of sp³-hybridized carbons (Fsp3) is 0.550. The van der Waals surface area contributed by atoms with E-state index in [9.17, 15) is 9.90 Å². The van der Waals surface area contributed by atoms with E-state index in [4.69, 9.17) is 9.47 Å². The van der Waals surface area contributed by atoms with Crippen LogP contribution in [0.15, 0.2) is 18.2 Å². The number of aryl methyl sites for hydroxylation is 2. The molecule has 1 aromatic heterocycles. The van der Waals surface area contributed by atoms with E-state index < -0.39 is 5.60 Å². The standard InChI is InChI=1S/C20H24N4O4/c1-12-21-13(2)23(22-12)10-19(25)24-15-4-5-16(24)9-20(26,8-15)14-3-6-17-18(7-14)28-11-27-17/h3,6-7,15-16,26H,4-5,8-11H2,1-2H3/t15-,16-/m0/s1. The summed E-state index contributed by atoms with van der Waals surface area (Å²) in [5, 5.41) is 15.7. The van der Waals surface area contributed by atoms with Crippen LogP contribution < -0.4 is 9.47 Å². The van der Waals surface area contributed by atoms with E-state index in [2.05, 4.69) is 10.1 Å². The van der Waals surface area contributed by atoms with Crippen LogP contribution in [0.25, 0.3) is 0 Å². The van der Waals surface area contributed by atoms with Crippen molar-refractivity contribution in [3.8, 4) is 11.5 Å². The number of aromatic nitrogens is 3. The first-order chi connectivity index (χ1) is 13.4. The average molecular weight is 384 g/mol. The minimum absolute atomic E-state index is 0.0339. The molecule has 2 aromatic rings. The topological polar surface area (TPSA) is 89.7 Å². The third-order valence-corrected chi connectivity index (χ3v) is 6.21. The molecule has 2 saturated heterocycles. The minimum atomic E-state index is -0.955. The summed E-state index contributed by atoms with van der Waals surface area (Å²) in [4.78, 5) is 19.3. The van der Waals surface area contributed by atoms with Gasteiger partial charge in [0.05, 0.1) is 5.60 Å². The Morgan fingerprint density at radius 2 is 1.93 bits per heavy atom. The Morgan fingerprint density at radius 1 is 1.21 bits per heavy atom. The lowest BCUT2D eigenvalue weighted by Crippen LogP contribution is -2.52. The van der Waals surface area contributed by atoms with Crippen LogP contribution in [0, 0.1) is 13.8 Å². The van der Waals surface area contributed by atoms with Crippen molar-refractivity contribution in [2.75, 3.05) is 6.79 Å². The Kier molecular flexibility index (Phi) is 3.87. The van der Waals surface area contributed by atoms with Gasteiger partial charge >= 0.3 is 0 Å². The number of carbonyl (C=O) groups is 1. The second kappa shape index (κ2) is 6.20. The molecule has 0 spiro atoms. The van der Waals surface area contributed by atoms with Crippen LogP contribution in [0.1, 0.15) is 42.9 Å². The molecule has 2 atom stereocenters. The molecule has 3 aliphatic rings. The summed E-state index contributed by atoms with van der Waals surface area (Å²) in [7, 11) is 0. The van der Waals surface area contributed by atoms with Crippen molar-refractivity contribution in [2.45, 2.75) is 63.8 Å². The van der Waals surface area contributed by atoms with Gasteiger partial charge in [0.15, 0.2) is 11.5 Å². The molecule has 2 fully saturated rings. The van der Waals surface area contributed by atoms with E-state index in [0.29, 0.717) is 30.2 Å². The lowest BCUT2D eigenvalue weighted by molar-refractivity contribution is -0.142. The SMILES string of the molecule is Cc1nc(C)n(CC(=O)N2[C@H]3CC[C@H]2CC(O)(c2ccc4c(c2)OCO4)C3)n1. The molecule has 0 radical (unpaired) electrons. The highest BCUT2D eigenvalue weighted by Gasteiger charge is 2.50. The highest BCUT2D eigenvalue weighted by atomic mass is 16.7. The van der Waals surface area contributed by atoms with E-state index in [1.165, 1.54) is 0 Å². The average Bonchev–Trinajstić information content (AvgIpc) is 3.31. The maximum absolute atomic E-state index is 13.0. The Morgan fingerprint density at radius 3 is 2.61 bits per heavy atom. The second-order valence-corrected chi connectivity index (χ2v) is 8.06. The molecule has 0 unspecified atom stereocenters. The number of piperidine rings is 1. The number of ether oxygens (including phenoxy) is 2. The summed E-state index contributed by atoms with van der Waals surface area (Å²) in [5.74, 6) is 2.85. The molecule has 3 aliphatic heterocycles. The first kappa shape index (κ1) is 17.5. The van der Waals surface area contributed by atoms with Gasteiger partial charge in [-0.05, 0) is 44.4 Å². The van der Waals surface area contributed by atoms with Crippen molar-refractivity contribution >= 4 is 5.91 Å². The number of nitrogens with zero attached hydrogens (tertiary/aromatic N) is 4. The lowest BCUT2D eigenvalue weighted by Gasteiger charge is -2.44. The van der Waals surface area contributed by atoms with Gasteiger partial charge in [-0.3, -0.25) is 4.79 Å². The fourth-order valence-electron chi connectivity index (χ4n) is 4.97. The molecular weight excluding hydrogens is 360 g/mol. The Hall–Kier alpha value is -2.61. The number of hydrogen-bond donors (Lipinski definition) is 1. The summed E-state index contributed by atoms with van der Waals surface area (Å²) in [5.41, 5.74) is -0.118. The summed E-state index contributed by atoms with van der Waals surface area (Å²) in [6, 6.07) is 5.70. The zero-order valence-electron chi connectivity index (χ0n) is 16.1. The highest BCUT2D eigenvalue weighted by Crippen LogP contribution is 2.47. The van der Waals surface area contributed by atoms with Crippen molar-refractivity contribution in [1.82, 2.24) is 19.7 Å². The molecule has 8 heteroatoms. The van der Waals surface area contributed by atoms with Crippen LogP contribution >= 0.6 is 0 Å². The summed E-state index contributed by atoms with van der Waals surface area (Å²) in [6.45, 7) is 4.09. The van der Waals surface area contributed by atoms with Crippen LogP contribution in [0.3, 0.4) is 0 Å². The molecule has 28 heavy (non-hydrogen) atoms. The molecular formula is C20H24N4O4. The van der Waals surface area contributed by atoms with Crippen LogP contribution in [0.4, 0.5) is 0 Å². The molecule has 0 saturated carbocycles. The fourth-order valence-corrected chi connectivity index (χ4v) is 4.97. The molecule has 2 bridgehead atoms. The first-order valence-electron chi connectivity index (χ1n) is 9.75. The number of aliphatic hydroxyl groups is 1. The van der Waals surface area contributed by atoms with E-state index >= 15 is 0 Å². The van der Waals surface area contributed by atoms with Gasteiger partial charge in [0, 0.05) is 24.9 Å². The van der Waals surface area contributed by atoms with E-state index in [1.54, 1.807) is 4.68 Å². The van der Waals surface area contributed by atoms with Crippen molar-refractivity contribution < 1.29 is 19.4 Å². The molecule has 8 nitrogen and oxygen atoms in total. The predicted molar refractivity (Wildman–Crippen MR) is 98.8 cm³/mol. The van der Waals surface area contributed by atoms with Gasteiger partial charge in [-0.15, -0.1) is 0 Å². The number of rotatable bonds is 3. The lowest BCUT2D eigenvalue weighted by atomic mass is 9.80. The zero-order chi connectivity index (χ0) is 19.5. The minimum Gasteiger partial charge on any atom is -0.454 e. The Bertz CT molecular complexity index is 926. The monoisotopic (exact) mass is 384 g/mol. The van der Waals surface area contributed by atoms with Crippen LogP contribution in [-0.2, 0) is 16.9 Å². The van der Waals surface area contributed by atoms with Crippen molar-refractivity contribution in [1.29, 1.82) is 0 Å². The van der Waals surface area contributed by atoms with E-state index in [1.807, 2.05) is 36.9 Å². The van der Waals surface area contributed by atoms with Gasteiger partial charge in [-0.2, -0.15) is 5.10 Å². The third kappa shape index (κ3) is 2.74. The molecule has 1 aromatic carbocycles. The van der Waals surface area contributed by atoms with Crippen LogP contribution in [0.5, 0.6) is 11.5 Å². The largest absolute Gasteiger partial charge is 0.454 e. The highest BCUT2D eigenvalue weighted by molar-refractivity contribution is 5.77. The molecule has 1 N–H and O–H groups in total.